The molecule has 0 aliphatic rings. The van der Waals surface area contributed by atoms with E-state index in [1.165, 1.54) is 12.1 Å². The SMILES string of the molecule is CS(=O)(=O)c1cccc(Oc2ncccc2CNC(=O)CCCN)c1. The molecule has 0 aliphatic heterocycles. The van der Waals surface area contributed by atoms with Crippen LogP contribution in [0.3, 0.4) is 0 Å². The molecule has 0 unspecified atom stereocenters. The Morgan fingerprint density at radius 3 is 2.80 bits per heavy atom. The average Bonchev–Trinajstić information content (AvgIpc) is 2.58. The highest BCUT2D eigenvalue weighted by Crippen LogP contribution is 2.25. The second-order valence-corrected chi connectivity index (χ2v) is 7.50. The lowest BCUT2D eigenvalue weighted by Crippen LogP contribution is -2.23. The summed E-state index contributed by atoms with van der Waals surface area (Å²) in [6.45, 7) is 0.726. The van der Waals surface area contributed by atoms with Gasteiger partial charge in [0.1, 0.15) is 5.75 Å². The van der Waals surface area contributed by atoms with Crippen LogP contribution >= 0.6 is 0 Å². The fourth-order valence-electron chi connectivity index (χ4n) is 2.08. The number of ether oxygens (including phenoxy) is 1. The van der Waals surface area contributed by atoms with Crippen LogP contribution in [-0.4, -0.2) is 32.1 Å². The van der Waals surface area contributed by atoms with Gasteiger partial charge >= 0.3 is 0 Å². The zero-order chi connectivity index (χ0) is 18.3. The molecule has 0 fully saturated rings. The highest BCUT2D eigenvalue weighted by Gasteiger charge is 2.11. The summed E-state index contributed by atoms with van der Waals surface area (Å²) in [6, 6.07) is 9.70. The zero-order valence-corrected chi connectivity index (χ0v) is 14.8. The van der Waals surface area contributed by atoms with Gasteiger partial charge in [0.2, 0.25) is 11.8 Å². The van der Waals surface area contributed by atoms with E-state index in [9.17, 15) is 13.2 Å². The number of rotatable bonds is 8. The number of nitrogens with one attached hydrogen (secondary N) is 1. The molecule has 1 aromatic carbocycles. The van der Waals surface area contributed by atoms with E-state index in [4.69, 9.17) is 10.5 Å². The van der Waals surface area contributed by atoms with Crippen LogP contribution in [0.5, 0.6) is 11.6 Å². The Bertz CT molecular complexity index is 837. The third-order valence-corrected chi connectivity index (χ3v) is 4.49. The number of pyridine rings is 1. The maximum absolute atomic E-state index is 11.7. The van der Waals surface area contributed by atoms with Gasteiger partial charge < -0.3 is 15.8 Å². The maximum atomic E-state index is 11.7. The van der Waals surface area contributed by atoms with Crippen LogP contribution in [0, 0.1) is 0 Å². The number of amides is 1. The lowest BCUT2D eigenvalue weighted by molar-refractivity contribution is -0.121. The van der Waals surface area contributed by atoms with E-state index in [1.807, 2.05) is 0 Å². The molecule has 8 heteroatoms. The number of nitrogens with zero attached hydrogens (tertiary/aromatic N) is 1. The summed E-state index contributed by atoms with van der Waals surface area (Å²) < 4.78 is 29.0. The van der Waals surface area contributed by atoms with Crippen molar-refractivity contribution in [3.63, 3.8) is 0 Å². The van der Waals surface area contributed by atoms with Gasteiger partial charge in [0.25, 0.3) is 0 Å². The van der Waals surface area contributed by atoms with E-state index in [1.54, 1.807) is 30.5 Å². The van der Waals surface area contributed by atoms with E-state index >= 15 is 0 Å². The Morgan fingerprint density at radius 2 is 2.08 bits per heavy atom. The minimum absolute atomic E-state index is 0.0978. The van der Waals surface area contributed by atoms with Crippen molar-refractivity contribution in [1.82, 2.24) is 10.3 Å². The second kappa shape index (κ2) is 8.59. The summed E-state index contributed by atoms with van der Waals surface area (Å²) in [5.74, 6) is 0.573. The van der Waals surface area contributed by atoms with Crippen LogP contribution in [0.4, 0.5) is 0 Å². The molecule has 1 amide bonds. The number of carbonyl (C=O) groups excluding carboxylic acids is 1. The van der Waals surface area contributed by atoms with Crippen molar-refractivity contribution < 1.29 is 17.9 Å². The standard InChI is InChI=1S/C17H21N3O4S/c1-25(22,23)15-7-2-6-14(11-15)24-17-13(5-4-10-19-17)12-20-16(21)8-3-9-18/h2,4-7,10-11H,3,8-9,12,18H2,1H3,(H,20,21). The highest BCUT2D eigenvalue weighted by atomic mass is 32.2. The van der Waals surface area contributed by atoms with Crippen molar-refractivity contribution in [2.24, 2.45) is 5.73 Å². The first kappa shape index (κ1) is 18.9. The molecule has 0 spiro atoms. The predicted octanol–water partition coefficient (Wildman–Crippen LogP) is 1.63. The molecule has 2 rings (SSSR count). The monoisotopic (exact) mass is 363 g/mol. The van der Waals surface area contributed by atoms with Gasteiger partial charge in [-0.15, -0.1) is 0 Å². The van der Waals surface area contributed by atoms with Crippen molar-refractivity contribution in [3.8, 4) is 11.6 Å². The van der Waals surface area contributed by atoms with Crippen LogP contribution < -0.4 is 15.8 Å². The Balaban J connectivity index is 2.12. The molecule has 3 N–H and O–H groups in total. The van der Waals surface area contributed by atoms with Crippen molar-refractivity contribution >= 4 is 15.7 Å². The summed E-state index contributed by atoms with van der Waals surface area (Å²) in [4.78, 5) is 16.0. The van der Waals surface area contributed by atoms with E-state index in [0.29, 0.717) is 36.6 Å². The summed E-state index contributed by atoms with van der Waals surface area (Å²) >= 11 is 0. The van der Waals surface area contributed by atoms with Gasteiger partial charge in [-0.25, -0.2) is 13.4 Å². The number of carbonyl (C=O) groups is 1. The third-order valence-electron chi connectivity index (χ3n) is 3.38. The van der Waals surface area contributed by atoms with Crippen LogP contribution in [-0.2, 0) is 21.2 Å². The smallest absolute Gasteiger partial charge is 0.224 e. The topological polar surface area (TPSA) is 111 Å². The molecule has 25 heavy (non-hydrogen) atoms. The summed E-state index contributed by atoms with van der Waals surface area (Å²) in [7, 11) is -3.33. The molecule has 0 saturated heterocycles. The van der Waals surface area contributed by atoms with E-state index in [2.05, 4.69) is 10.3 Å². The molecule has 0 bridgehead atoms. The largest absolute Gasteiger partial charge is 0.439 e. The van der Waals surface area contributed by atoms with Gasteiger partial charge in [-0.3, -0.25) is 4.79 Å². The lowest BCUT2D eigenvalue weighted by Gasteiger charge is -2.11. The molecule has 134 valence electrons. The molecule has 0 saturated carbocycles. The van der Waals surface area contributed by atoms with E-state index in [-0.39, 0.29) is 17.3 Å². The second-order valence-electron chi connectivity index (χ2n) is 5.49. The number of benzene rings is 1. The minimum atomic E-state index is -3.33. The Labute approximate surface area is 147 Å². The predicted molar refractivity (Wildman–Crippen MR) is 94.0 cm³/mol. The van der Waals surface area contributed by atoms with Crippen molar-refractivity contribution in [3.05, 3.63) is 48.2 Å². The fraction of sp³-hybridized carbons (Fsp3) is 0.294. The fourth-order valence-corrected chi connectivity index (χ4v) is 2.73. The summed E-state index contributed by atoms with van der Waals surface area (Å²) in [6.07, 6.45) is 3.69. The normalized spacial score (nSPS) is 11.1. The first-order valence-corrected chi connectivity index (χ1v) is 9.68. The molecule has 2 aromatic rings. The van der Waals surface area contributed by atoms with Gasteiger partial charge in [-0.2, -0.15) is 0 Å². The first-order valence-electron chi connectivity index (χ1n) is 7.79. The van der Waals surface area contributed by atoms with Crippen molar-refractivity contribution in [2.75, 3.05) is 12.8 Å². The maximum Gasteiger partial charge on any atom is 0.224 e. The van der Waals surface area contributed by atoms with Crippen molar-refractivity contribution in [1.29, 1.82) is 0 Å². The first-order chi connectivity index (χ1) is 11.9. The van der Waals surface area contributed by atoms with E-state index < -0.39 is 9.84 Å². The van der Waals surface area contributed by atoms with Gasteiger partial charge in [0, 0.05) is 31.0 Å². The van der Waals surface area contributed by atoms with Crippen molar-refractivity contribution in [2.45, 2.75) is 24.3 Å². The van der Waals surface area contributed by atoms with Gasteiger partial charge in [0.15, 0.2) is 9.84 Å². The van der Waals surface area contributed by atoms with Crippen LogP contribution in [0.2, 0.25) is 0 Å². The number of sulfone groups is 1. The third kappa shape index (κ3) is 5.84. The van der Waals surface area contributed by atoms with Gasteiger partial charge in [-0.1, -0.05) is 12.1 Å². The summed E-state index contributed by atoms with van der Waals surface area (Å²) in [5.41, 5.74) is 6.07. The van der Waals surface area contributed by atoms with Crippen LogP contribution in [0.15, 0.2) is 47.5 Å². The quantitative estimate of drug-likeness (QED) is 0.737. The molecule has 0 radical (unpaired) electrons. The number of hydrogen-bond donors (Lipinski definition) is 2. The van der Waals surface area contributed by atoms with E-state index in [0.717, 1.165) is 6.26 Å². The number of nitrogens with two attached hydrogens (primary N) is 1. The van der Waals surface area contributed by atoms with Gasteiger partial charge in [0.05, 0.1) is 4.90 Å². The highest BCUT2D eigenvalue weighted by molar-refractivity contribution is 7.90. The zero-order valence-electron chi connectivity index (χ0n) is 13.9. The molecule has 0 aliphatic carbocycles. The lowest BCUT2D eigenvalue weighted by atomic mass is 10.2. The van der Waals surface area contributed by atoms with Crippen LogP contribution in [0.1, 0.15) is 18.4 Å². The molecule has 1 aromatic heterocycles. The summed E-state index contributed by atoms with van der Waals surface area (Å²) in [5, 5.41) is 2.79. The average molecular weight is 363 g/mol. The Hall–Kier alpha value is -2.45. The molecule has 1 heterocycles. The molecular weight excluding hydrogens is 342 g/mol. The van der Waals surface area contributed by atoms with Crippen LogP contribution in [0.25, 0.3) is 0 Å². The molecule has 7 nitrogen and oxygen atoms in total. The molecule has 0 atom stereocenters. The van der Waals surface area contributed by atoms with Gasteiger partial charge in [-0.05, 0) is 37.2 Å². The number of hydrogen-bond acceptors (Lipinski definition) is 6. The minimum Gasteiger partial charge on any atom is -0.439 e. The molecular formula is C17H21N3O4S. The number of aromatic nitrogens is 1. The Morgan fingerprint density at radius 1 is 1.28 bits per heavy atom. The Kier molecular flexibility index (Phi) is 6.49.